The van der Waals surface area contributed by atoms with Gasteiger partial charge in [-0.2, -0.15) is 4.98 Å². The van der Waals surface area contributed by atoms with E-state index in [0.29, 0.717) is 68.9 Å². The fourth-order valence-electron chi connectivity index (χ4n) is 4.83. The first-order valence-electron chi connectivity index (χ1n) is 12.9. The van der Waals surface area contributed by atoms with Gasteiger partial charge < -0.3 is 24.8 Å². The summed E-state index contributed by atoms with van der Waals surface area (Å²) in [5.74, 6) is -0.836. The number of pyridine rings is 1. The van der Waals surface area contributed by atoms with Gasteiger partial charge >= 0.3 is 0 Å². The zero-order valence-corrected chi connectivity index (χ0v) is 21.2. The Kier molecular flexibility index (Phi) is 7.14. The molecule has 1 amide bonds. The summed E-state index contributed by atoms with van der Waals surface area (Å²) in [6, 6.07) is 8.10. The Morgan fingerprint density at radius 1 is 1.03 bits per heavy atom. The quantitative estimate of drug-likeness (QED) is 0.373. The summed E-state index contributed by atoms with van der Waals surface area (Å²) in [7, 11) is 0. The topological polar surface area (TPSA) is 100 Å². The third-order valence-corrected chi connectivity index (χ3v) is 6.93. The molecular weight excluding hydrogens is 506 g/mol. The van der Waals surface area contributed by atoms with Crippen LogP contribution in [0.1, 0.15) is 11.3 Å². The highest BCUT2D eigenvalue weighted by molar-refractivity contribution is 5.79. The van der Waals surface area contributed by atoms with E-state index in [9.17, 15) is 4.79 Å². The number of carbonyl (C=O) groups excluding carboxylic acids is 1. The zero-order chi connectivity index (χ0) is 26.8. The molecule has 2 fully saturated rings. The standard InChI is InChI=1S/C27H28F2N8O2/c28-23-12-21(13-24(29)22(23)17-35-7-9-39-10-8-35)37-5-2-18-14-32-27(34-26(18)37)33-19-1-3-31-20(11-19)16-36-6-4-30-15-25(36)38/h1-3,5,11-14,30H,4,6-10,15-17H2,(H,31,32,33,34). The highest BCUT2D eigenvalue weighted by Gasteiger charge is 2.20. The average molecular weight is 535 g/mol. The van der Waals surface area contributed by atoms with Crippen molar-refractivity contribution in [2.24, 2.45) is 0 Å². The van der Waals surface area contributed by atoms with Crippen LogP contribution in [0.15, 0.2) is 48.9 Å². The third kappa shape index (κ3) is 5.58. The van der Waals surface area contributed by atoms with Crippen LogP contribution in [0.2, 0.25) is 0 Å². The second kappa shape index (κ2) is 11.0. The summed E-state index contributed by atoms with van der Waals surface area (Å²) in [6.45, 7) is 4.72. The molecule has 0 bridgehead atoms. The Hall–Kier alpha value is -4.00. The molecule has 2 aliphatic heterocycles. The Balaban J connectivity index is 1.22. The van der Waals surface area contributed by atoms with Crippen LogP contribution in [0.5, 0.6) is 0 Å². The highest BCUT2D eigenvalue weighted by atomic mass is 19.1. The minimum absolute atomic E-state index is 0.0398. The predicted octanol–water partition coefficient (Wildman–Crippen LogP) is 2.60. The van der Waals surface area contributed by atoms with E-state index in [1.54, 1.807) is 40.2 Å². The number of nitrogens with one attached hydrogen (secondary N) is 2. The summed E-state index contributed by atoms with van der Waals surface area (Å²) in [6.07, 6.45) is 5.03. The number of anilines is 2. The van der Waals surface area contributed by atoms with Gasteiger partial charge in [-0.3, -0.25) is 14.7 Å². The number of carbonyl (C=O) groups is 1. The molecule has 5 heterocycles. The van der Waals surface area contributed by atoms with E-state index >= 15 is 8.78 Å². The molecule has 202 valence electrons. The second-order valence-corrected chi connectivity index (χ2v) is 9.59. The molecule has 2 saturated heterocycles. The molecule has 2 aliphatic rings. The fourth-order valence-corrected chi connectivity index (χ4v) is 4.83. The van der Waals surface area contributed by atoms with Gasteiger partial charge in [0, 0.05) is 68.0 Å². The third-order valence-electron chi connectivity index (χ3n) is 6.93. The van der Waals surface area contributed by atoms with Gasteiger partial charge in [0.2, 0.25) is 11.9 Å². The largest absolute Gasteiger partial charge is 0.379 e. The molecule has 12 heteroatoms. The molecule has 3 aromatic heterocycles. The van der Waals surface area contributed by atoms with Crippen molar-refractivity contribution >= 4 is 28.6 Å². The van der Waals surface area contributed by atoms with Crippen molar-refractivity contribution in [3.63, 3.8) is 0 Å². The predicted molar refractivity (Wildman–Crippen MR) is 141 cm³/mol. The monoisotopic (exact) mass is 534 g/mol. The first-order chi connectivity index (χ1) is 19.0. The Morgan fingerprint density at radius 2 is 1.85 bits per heavy atom. The van der Waals surface area contributed by atoms with E-state index in [-0.39, 0.29) is 18.0 Å². The maximum Gasteiger partial charge on any atom is 0.236 e. The normalized spacial score (nSPS) is 16.7. The molecule has 0 radical (unpaired) electrons. The van der Waals surface area contributed by atoms with Gasteiger partial charge in [-0.25, -0.2) is 13.8 Å². The smallest absolute Gasteiger partial charge is 0.236 e. The van der Waals surface area contributed by atoms with Crippen LogP contribution in [-0.2, 0) is 22.6 Å². The van der Waals surface area contributed by atoms with E-state index < -0.39 is 11.6 Å². The molecule has 4 aromatic rings. The first kappa shape index (κ1) is 25.3. The van der Waals surface area contributed by atoms with Gasteiger partial charge in [0.05, 0.1) is 37.7 Å². The number of benzene rings is 1. The van der Waals surface area contributed by atoms with Gasteiger partial charge in [0.25, 0.3) is 0 Å². The van der Waals surface area contributed by atoms with Gasteiger partial charge in [-0.1, -0.05) is 0 Å². The molecule has 39 heavy (non-hydrogen) atoms. The number of fused-ring (bicyclic) bond motifs is 1. The van der Waals surface area contributed by atoms with Crippen LogP contribution in [0.3, 0.4) is 0 Å². The van der Waals surface area contributed by atoms with Gasteiger partial charge in [-0.05, 0) is 30.3 Å². The molecule has 2 N–H and O–H groups in total. The lowest BCUT2D eigenvalue weighted by Gasteiger charge is -2.27. The number of halogens is 2. The number of nitrogens with zero attached hydrogens (tertiary/aromatic N) is 6. The molecule has 0 aliphatic carbocycles. The Morgan fingerprint density at radius 3 is 2.64 bits per heavy atom. The number of ether oxygens (including phenoxy) is 1. The van der Waals surface area contributed by atoms with Crippen molar-refractivity contribution in [2.45, 2.75) is 13.1 Å². The molecule has 0 spiro atoms. The molecular formula is C27H28F2N8O2. The average Bonchev–Trinajstić information content (AvgIpc) is 3.36. The number of rotatable bonds is 7. The van der Waals surface area contributed by atoms with Crippen LogP contribution in [0.4, 0.5) is 20.4 Å². The number of amides is 1. The maximum atomic E-state index is 15.1. The van der Waals surface area contributed by atoms with E-state index in [4.69, 9.17) is 4.74 Å². The number of piperazine rings is 1. The minimum Gasteiger partial charge on any atom is -0.379 e. The lowest BCUT2D eigenvalue weighted by atomic mass is 10.1. The summed E-state index contributed by atoms with van der Waals surface area (Å²) >= 11 is 0. The molecule has 10 nitrogen and oxygen atoms in total. The SMILES string of the molecule is O=C1CNCCN1Cc1cc(Nc2ncc3ccn(-c4cc(F)c(CN5CCOCC5)c(F)c4)c3n2)ccn1. The fraction of sp³-hybridized carbons (Fsp3) is 0.333. The van der Waals surface area contributed by atoms with Gasteiger partial charge in [-0.15, -0.1) is 0 Å². The van der Waals surface area contributed by atoms with Crippen molar-refractivity contribution in [3.8, 4) is 5.69 Å². The Bertz CT molecular complexity index is 1480. The van der Waals surface area contributed by atoms with E-state index in [2.05, 4.69) is 25.6 Å². The maximum absolute atomic E-state index is 15.1. The van der Waals surface area contributed by atoms with Crippen LogP contribution < -0.4 is 10.6 Å². The van der Waals surface area contributed by atoms with Crippen LogP contribution in [0, 0.1) is 11.6 Å². The van der Waals surface area contributed by atoms with E-state index in [1.807, 2.05) is 11.0 Å². The summed E-state index contributed by atoms with van der Waals surface area (Å²) in [4.78, 5) is 29.3. The summed E-state index contributed by atoms with van der Waals surface area (Å²) in [5, 5.41) is 6.96. The van der Waals surface area contributed by atoms with Crippen molar-refractivity contribution in [1.29, 1.82) is 0 Å². The lowest BCUT2D eigenvalue weighted by Crippen LogP contribution is -2.47. The highest BCUT2D eigenvalue weighted by Crippen LogP contribution is 2.25. The molecule has 6 rings (SSSR count). The van der Waals surface area contributed by atoms with Crippen molar-refractivity contribution in [3.05, 3.63) is 71.8 Å². The van der Waals surface area contributed by atoms with E-state index in [1.165, 1.54) is 12.1 Å². The lowest BCUT2D eigenvalue weighted by molar-refractivity contribution is -0.132. The number of aromatic nitrogens is 4. The molecule has 1 aromatic carbocycles. The zero-order valence-electron chi connectivity index (χ0n) is 21.2. The number of hydrogen-bond donors (Lipinski definition) is 2. The van der Waals surface area contributed by atoms with E-state index in [0.717, 1.165) is 17.6 Å². The Labute approximate surface area is 223 Å². The molecule has 0 atom stereocenters. The summed E-state index contributed by atoms with van der Waals surface area (Å²) in [5.41, 5.74) is 2.34. The van der Waals surface area contributed by atoms with Crippen molar-refractivity contribution in [1.82, 2.24) is 34.6 Å². The van der Waals surface area contributed by atoms with Gasteiger partial charge in [0.1, 0.15) is 17.3 Å². The van der Waals surface area contributed by atoms with Crippen LogP contribution in [-0.4, -0.2) is 81.2 Å². The van der Waals surface area contributed by atoms with Crippen molar-refractivity contribution < 1.29 is 18.3 Å². The van der Waals surface area contributed by atoms with Crippen LogP contribution in [0.25, 0.3) is 16.7 Å². The number of hydrogen-bond acceptors (Lipinski definition) is 8. The first-order valence-corrected chi connectivity index (χ1v) is 12.9. The number of morpholine rings is 1. The summed E-state index contributed by atoms with van der Waals surface area (Å²) < 4.78 is 37.1. The van der Waals surface area contributed by atoms with Crippen LogP contribution >= 0.6 is 0 Å². The minimum atomic E-state index is -0.599. The second-order valence-electron chi connectivity index (χ2n) is 9.59. The van der Waals surface area contributed by atoms with Gasteiger partial charge in [0.15, 0.2) is 0 Å². The van der Waals surface area contributed by atoms with Crippen molar-refractivity contribution in [2.75, 3.05) is 51.3 Å². The molecule has 0 saturated carbocycles. The molecule has 0 unspecified atom stereocenters.